The van der Waals surface area contributed by atoms with Crippen molar-refractivity contribution in [3.63, 3.8) is 0 Å². The van der Waals surface area contributed by atoms with E-state index in [-0.39, 0.29) is 6.01 Å². The number of nitrogens with zero attached hydrogens (tertiary/aromatic N) is 6. The second kappa shape index (κ2) is 6.05. The molecule has 0 unspecified atom stereocenters. The predicted molar refractivity (Wildman–Crippen MR) is 101 cm³/mol. The molecule has 0 atom stereocenters. The third kappa shape index (κ3) is 2.62. The summed E-state index contributed by atoms with van der Waals surface area (Å²) >= 11 is 0. The number of aromatic amines is 1. The Morgan fingerprint density at radius 3 is 2.79 bits per heavy atom. The third-order valence-corrected chi connectivity index (χ3v) is 4.49. The van der Waals surface area contributed by atoms with Crippen LogP contribution in [-0.4, -0.2) is 35.1 Å². The lowest BCUT2D eigenvalue weighted by atomic mass is 10.1. The van der Waals surface area contributed by atoms with Gasteiger partial charge in [0.2, 0.25) is 0 Å². The largest absolute Gasteiger partial charge is 0.403 e. The fraction of sp³-hybridized carbons (Fsp3) is 0.167. The Balaban J connectivity index is 1.52. The molecule has 2 N–H and O–H groups in total. The molecule has 0 aliphatic heterocycles. The Bertz CT molecular complexity index is 1270. The first kappa shape index (κ1) is 16.2. The van der Waals surface area contributed by atoms with Gasteiger partial charge < -0.3 is 19.2 Å². The van der Waals surface area contributed by atoms with Crippen LogP contribution in [0.5, 0.6) is 0 Å². The SMILES string of the molecule is Cc1noc(C)c1Nc1nnc(-c2c[nH]c3ncc(-c4cnn(C)c4)cc23)o1. The zero-order valence-corrected chi connectivity index (χ0v) is 15.4. The van der Waals surface area contributed by atoms with Gasteiger partial charge in [0, 0.05) is 42.2 Å². The number of aromatic nitrogens is 7. The Kier molecular flexibility index (Phi) is 3.51. The first-order valence-electron chi connectivity index (χ1n) is 8.58. The average Bonchev–Trinajstić information content (AvgIpc) is 3.46. The van der Waals surface area contributed by atoms with E-state index in [0.29, 0.717) is 11.7 Å². The summed E-state index contributed by atoms with van der Waals surface area (Å²) in [5.41, 5.74) is 4.88. The molecule has 0 aliphatic carbocycles. The molecule has 0 saturated carbocycles. The molecule has 0 bridgehead atoms. The lowest BCUT2D eigenvalue weighted by molar-refractivity contribution is 0.393. The maximum absolute atomic E-state index is 5.80. The number of anilines is 2. The minimum Gasteiger partial charge on any atom is -0.403 e. The van der Waals surface area contributed by atoms with E-state index in [1.54, 1.807) is 23.3 Å². The van der Waals surface area contributed by atoms with Crippen LogP contribution in [0.4, 0.5) is 11.7 Å². The van der Waals surface area contributed by atoms with Crippen molar-refractivity contribution in [3.05, 3.63) is 42.3 Å². The predicted octanol–water partition coefficient (Wildman–Crippen LogP) is 3.36. The van der Waals surface area contributed by atoms with Gasteiger partial charge in [-0.05, 0) is 19.9 Å². The lowest BCUT2D eigenvalue weighted by Gasteiger charge is -1.99. The molecule has 0 fully saturated rings. The van der Waals surface area contributed by atoms with Gasteiger partial charge in [-0.25, -0.2) is 4.98 Å². The van der Waals surface area contributed by atoms with E-state index in [9.17, 15) is 0 Å². The van der Waals surface area contributed by atoms with Gasteiger partial charge in [0.15, 0.2) is 5.76 Å². The summed E-state index contributed by atoms with van der Waals surface area (Å²) in [5, 5.41) is 20.3. The highest BCUT2D eigenvalue weighted by Gasteiger charge is 2.17. The fourth-order valence-corrected chi connectivity index (χ4v) is 3.06. The maximum atomic E-state index is 5.80. The van der Waals surface area contributed by atoms with Crippen LogP contribution in [-0.2, 0) is 7.05 Å². The monoisotopic (exact) mass is 376 g/mol. The van der Waals surface area contributed by atoms with E-state index in [4.69, 9.17) is 8.94 Å². The summed E-state index contributed by atoms with van der Waals surface area (Å²) in [6.07, 6.45) is 7.34. The zero-order chi connectivity index (χ0) is 19.3. The van der Waals surface area contributed by atoms with Crippen molar-refractivity contribution in [2.45, 2.75) is 13.8 Å². The van der Waals surface area contributed by atoms with E-state index < -0.39 is 0 Å². The standard InChI is InChI=1S/C18H16N8O2/c1-9-15(10(2)28-25-9)22-18-24-23-17(27-18)14-7-20-16-13(14)4-11(5-19-16)12-6-21-26(3)8-12/h4-8H,1-3H3,(H,19,20)(H,22,24). The van der Waals surface area contributed by atoms with Crippen LogP contribution in [0.2, 0.25) is 0 Å². The third-order valence-electron chi connectivity index (χ3n) is 4.49. The van der Waals surface area contributed by atoms with Crippen LogP contribution in [0.1, 0.15) is 11.5 Å². The van der Waals surface area contributed by atoms with Gasteiger partial charge in [0.05, 0.1) is 11.8 Å². The van der Waals surface area contributed by atoms with Gasteiger partial charge in [-0.15, -0.1) is 5.10 Å². The molecule has 10 nitrogen and oxygen atoms in total. The second-order valence-corrected chi connectivity index (χ2v) is 6.46. The molecule has 5 aromatic heterocycles. The van der Waals surface area contributed by atoms with Gasteiger partial charge in [0.25, 0.3) is 5.89 Å². The van der Waals surface area contributed by atoms with Crippen LogP contribution in [0.25, 0.3) is 33.6 Å². The van der Waals surface area contributed by atoms with Gasteiger partial charge in [-0.3, -0.25) is 4.68 Å². The zero-order valence-electron chi connectivity index (χ0n) is 15.4. The minimum atomic E-state index is 0.259. The van der Waals surface area contributed by atoms with Crippen molar-refractivity contribution < 1.29 is 8.94 Å². The van der Waals surface area contributed by atoms with Crippen LogP contribution in [0, 0.1) is 13.8 Å². The minimum absolute atomic E-state index is 0.259. The normalized spacial score (nSPS) is 11.4. The molecule has 0 aliphatic rings. The van der Waals surface area contributed by atoms with E-state index in [2.05, 4.69) is 35.7 Å². The topological polar surface area (TPSA) is 123 Å². The molecule has 28 heavy (non-hydrogen) atoms. The average molecular weight is 376 g/mol. The summed E-state index contributed by atoms with van der Waals surface area (Å²) in [6, 6.07) is 2.28. The molecule has 5 heterocycles. The van der Waals surface area contributed by atoms with Crippen molar-refractivity contribution in [3.8, 4) is 22.6 Å². The van der Waals surface area contributed by atoms with Crippen molar-refractivity contribution in [1.29, 1.82) is 0 Å². The summed E-state index contributed by atoms with van der Waals surface area (Å²) in [6.45, 7) is 3.65. The van der Waals surface area contributed by atoms with Crippen LogP contribution < -0.4 is 5.32 Å². The fourth-order valence-electron chi connectivity index (χ4n) is 3.06. The number of nitrogens with one attached hydrogen (secondary N) is 2. The Labute approximate surface area is 158 Å². The second-order valence-electron chi connectivity index (χ2n) is 6.46. The van der Waals surface area contributed by atoms with Gasteiger partial charge in [0.1, 0.15) is 17.0 Å². The van der Waals surface area contributed by atoms with Crippen molar-refractivity contribution >= 4 is 22.7 Å². The molecule has 0 spiro atoms. The number of rotatable bonds is 4. The highest BCUT2D eigenvalue weighted by Crippen LogP contribution is 2.32. The maximum Gasteiger partial charge on any atom is 0.320 e. The van der Waals surface area contributed by atoms with E-state index >= 15 is 0 Å². The van der Waals surface area contributed by atoms with E-state index in [1.807, 2.05) is 33.2 Å². The number of aryl methyl sites for hydroxylation is 3. The van der Waals surface area contributed by atoms with Crippen molar-refractivity contribution in [2.75, 3.05) is 5.32 Å². The molecule has 5 rings (SSSR count). The van der Waals surface area contributed by atoms with Gasteiger partial charge in [-0.1, -0.05) is 10.3 Å². The molecule has 10 heteroatoms. The Morgan fingerprint density at radius 2 is 2.04 bits per heavy atom. The summed E-state index contributed by atoms with van der Waals surface area (Å²) in [4.78, 5) is 7.62. The molecular formula is C18H16N8O2. The lowest BCUT2D eigenvalue weighted by Crippen LogP contribution is -1.92. The summed E-state index contributed by atoms with van der Waals surface area (Å²) in [7, 11) is 1.88. The molecule has 0 amide bonds. The molecule has 0 saturated heterocycles. The van der Waals surface area contributed by atoms with Gasteiger partial charge >= 0.3 is 6.01 Å². The smallest absolute Gasteiger partial charge is 0.320 e. The molecular weight excluding hydrogens is 360 g/mol. The number of pyridine rings is 1. The quantitative estimate of drug-likeness (QED) is 0.489. The van der Waals surface area contributed by atoms with E-state index in [1.165, 1.54) is 0 Å². The number of fused-ring (bicyclic) bond motifs is 1. The van der Waals surface area contributed by atoms with Crippen LogP contribution >= 0.6 is 0 Å². The number of hydrogen-bond donors (Lipinski definition) is 2. The summed E-state index contributed by atoms with van der Waals surface area (Å²) in [5.74, 6) is 1.03. The Hall–Kier alpha value is -3.95. The van der Waals surface area contributed by atoms with Gasteiger partial charge in [-0.2, -0.15) is 5.10 Å². The number of H-pyrrole nitrogens is 1. The molecule has 5 aromatic rings. The highest BCUT2D eigenvalue weighted by atomic mass is 16.5. The number of hydrogen-bond acceptors (Lipinski definition) is 8. The first-order valence-corrected chi connectivity index (χ1v) is 8.58. The Morgan fingerprint density at radius 1 is 1.14 bits per heavy atom. The summed E-state index contributed by atoms with van der Waals surface area (Å²) < 4.78 is 12.7. The van der Waals surface area contributed by atoms with E-state index in [0.717, 1.165) is 39.1 Å². The van der Waals surface area contributed by atoms with Crippen LogP contribution in [0.3, 0.4) is 0 Å². The molecule has 0 aromatic carbocycles. The molecule has 140 valence electrons. The van der Waals surface area contributed by atoms with Crippen molar-refractivity contribution in [1.82, 2.24) is 35.1 Å². The van der Waals surface area contributed by atoms with Crippen LogP contribution in [0.15, 0.2) is 39.8 Å². The molecule has 0 radical (unpaired) electrons. The van der Waals surface area contributed by atoms with Crippen molar-refractivity contribution in [2.24, 2.45) is 7.05 Å². The highest BCUT2D eigenvalue weighted by molar-refractivity contribution is 5.93. The first-order chi connectivity index (χ1) is 13.6.